The molecular weight excluding hydrogens is 306 g/mol. The summed E-state index contributed by atoms with van der Waals surface area (Å²) in [6.07, 6.45) is 6.90. The van der Waals surface area contributed by atoms with Crippen molar-refractivity contribution in [2.24, 2.45) is 17.1 Å². The van der Waals surface area contributed by atoms with E-state index in [0.29, 0.717) is 16.7 Å². The Kier molecular flexibility index (Phi) is 5.79. The Balaban J connectivity index is 2.02. The molecule has 1 aromatic heterocycles. The average Bonchev–Trinajstić information content (AvgIpc) is 2.89. The second-order valence-electron chi connectivity index (χ2n) is 6.21. The first-order chi connectivity index (χ1) is 9.46. The maximum absolute atomic E-state index is 6.34. The SMILES string of the molecule is CCC(C)(C)C1CCC(N)C(Sc2nnc(SC)s2)C1. The second kappa shape index (κ2) is 6.99. The highest BCUT2D eigenvalue weighted by molar-refractivity contribution is 8.03. The van der Waals surface area contributed by atoms with Gasteiger partial charge < -0.3 is 5.73 Å². The zero-order valence-corrected chi connectivity index (χ0v) is 15.2. The number of rotatable bonds is 5. The molecular formula is C14H25N3S3. The van der Waals surface area contributed by atoms with Crippen LogP contribution in [0.25, 0.3) is 0 Å². The molecule has 2 N–H and O–H groups in total. The van der Waals surface area contributed by atoms with Gasteiger partial charge in [0.2, 0.25) is 0 Å². The summed E-state index contributed by atoms with van der Waals surface area (Å²) in [6, 6.07) is 0.297. The van der Waals surface area contributed by atoms with Crippen LogP contribution in [0, 0.1) is 11.3 Å². The molecule has 20 heavy (non-hydrogen) atoms. The fourth-order valence-corrected chi connectivity index (χ4v) is 5.69. The Bertz CT molecular complexity index is 433. The fourth-order valence-electron chi connectivity index (χ4n) is 2.74. The van der Waals surface area contributed by atoms with Crippen LogP contribution < -0.4 is 5.73 Å². The van der Waals surface area contributed by atoms with Gasteiger partial charge in [0.25, 0.3) is 0 Å². The molecule has 0 saturated heterocycles. The minimum Gasteiger partial charge on any atom is -0.327 e. The van der Waals surface area contributed by atoms with E-state index in [1.807, 2.05) is 18.0 Å². The van der Waals surface area contributed by atoms with Gasteiger partial charge in [-0.05, 0) is 36.9 Å². The lowest BCUT2D eigenvalue weighted by atomic mass is 9.69. The smallest absolute Gasteiger partial charge is 0.175 e. The van der Waals surface area contributed by atoms with Crippen molar-refractivity contribution in [3.05, 3.63) is 0 Å². The van der Waals surface area contributed by atoms with Gasteiger partial charge in [0.05, 0.1) is 0 Å². The van der Waals surface area contributed by atoms with E-state index in [4.69, 9.17) is 5.73 Å². The Hall–Kier alpha value is 0.220. The summed E-state index contributed by atoms with van der Waals surface area (Å²) in [7, 11) is 0. The molecule has 0 amide bonds. The van der Waals surface area contributed by atoms with Gasteiger partial charge in [0, 0.05) is 11.3 Å². The first-order valence-electron chi connectivity index (χ1n) is 7.26. The van der Waals surface area contributed by atoms with Crippen molar-refractivity contribution < 1.29 is 0 Å². The normalized spacial score (nSPS) is 27.8. The lowest BCUT2D eigenvalue weighted by Gasteiger charge is -2.41. The first-order valence-corrected chi connectivity index (χ1v) is 10.2. The average molecular weight is 332 g/mol. The summed E-state index contributed by atoms with van der Waals surface area (Å²) < 4.78 is 2.12. The standard InChI is InChI=1S/C14H25N3S3/c1-5-14(2,3)9-6-7-10(15)11(8-9)19-13-17-16-12(18-4)20-13/h9-11H,5-8,15H2,1-4H3. The fraction of sp³-hybridized carbons (Fsp3) is 0.857. The molecule has 0 spiro atoms. The summed E-state index contributed by atoms with van der Waals surface area (Å²) in [4.78, 5) is 0. The van der Waals surface area contributed by atoms with E-state index in [-0.39, 0.29) is 0 Å². The molecule has 0 radical (unpaired) electrons. The number of aromatic nitrogens is 2. The molecule has 1 aromatic rings. The maximum atomic E-state index is 6.34. The molecule has 3 nitrogen and oxygen atoms in total. The van der Waals surface area contributed by atoms with Crippen molar-refractivity contribution in [2.45, 2.75) is 66.4 Å². The van der Waals surface area contributed by atoms with E-state index in [1.54, 1.807) is 23.1 Å². The van der Waals surface area contributed by atoms with Gasteiger partial charge in [-0.3, -0.25) is 0 Å². The van der Waals surface area contributed by atoms with Gasteiger partial charge in [0.1, 0.15) is 0 Å². The van der Waals surface area contributed by atoms with E-state index in [1.165, 1.54) is 19.3 Å². The highest BCUT2D eigenvalue weighted by Gasteiger charge is 2.36. The molecule has 1 heterocycles. The zero-order chi connectivity index (χ0) is 14.8. The van der Waals surface area contributed by atoms with Crippen molar-refractivity contribution in [3.8, 4) is 0 Å². The summed E-state index contributed by atoms with van der Waals surface area (Å²) in [5.74, 6) is 0.776. The van der Waals surface area contributed by atoms with Gasteiger partial charge in [-0.15, -0.1) is 10.2 Å². The highest BCUT2D eigenvalue weighted by Crippen LogP contribution is 2.45. The molecule has 1 fully saturated rings. The lowest BCUT2D eigenvalue weighted by molar-refractivity contribution is 0.148. The van der Waals surface area contributed by atoms with Crippen LogP contribution in [0.5, 0.6) is 0 Å². The molecule has 3 atom stereocenters. The number of hydrogen-bond acceptors (Lipinski definition) is 6. The summed E-state index contributed by atoms with van der Waals surface area (Å²) in [5, 5.41) is 8.95. The molecule has 6 heteroatoms. The Morgan fingerprint density at radius 2 is 2.00 bits per heavy atom. The van der Waals surface area contributed by atoms with Crippen molar-refractivity contribution in [1.29, 1.82) is 0 Å². The molecule has 0 aliphatic heterocycles. The highest BCUT2D eigenvalue weighted by atomic mass is 32.2. The molecule has 2 rings (SSSR count). The minimum atomic E-state index is 0.297. The van der Waals surface area contributed by atoms with E-state index >= 15 is 0 Å². The van der Waals surface area contributed by atoms with Crippen LogP contribution >= 0.6 is 34.9 Å². The number of hydrogen-bond donors (Lipinski definition) is 1. The van der Waals surface area contributed by atoms with E-state index < -0.39 is 0 Å². The summed E-state index contributed by atoms with van der Waals surface area (Å²) >= 11 is 5.20. The van der Waals surface area contributed by atoms with Crippen LogP contribution in [0.2, 0.25) is 0 Å². The largest absolute Gasteiger partial charge is 0.327 e. The first kappa shape index (κ1) is 16.6. The van der Waals surface area contributed by atoms with Gasteiger partial charge in [0.15, 0.2) is 8.68 Å². The summed E-state index contributed by atoms with van der Waals surface area (Å²) in [5.41, 5.74) is 6.76. The monoisotopic (exact) mass is 331 g/mol. The predicted molar refractivity (Wildman–Crippen MR) is 90.7 cm³/mol. The third kappa shape index (κ3) is 3.90. The maximum Gasteiger partial charge on any atom is 0.175 e. The van der Waals surface area contributed by atoms with Crippen LogP contribution in [-0.2, 0) is 0 Å². The summed E-state index contributed by atoms with van der Waals surface area (Å²) in [6.45, 7) is 7.09. The van der Waals surface area contributed by atoms with Gasteiger partial charge in [-0.25, -0.2) is 0 Å². The van der Waals surface area contributed by atoms with Gasteiger partial charge in [-0.2, -0.15) is 0 Å². The van der Waals surface area contributed by atoms with E-state index in [0.717, 1.165) is 21.0 Å². The number of nitrogens with two attached hydrogens (primary N) is 1. The van der Waals surface area contributed by atoms with Crippen LogP contribution in [0.3, 0.4) is 0 Å². The van der Waals surface area contributed by atoms with Crippen molar-refractivity contribution >= 4 is 34.9 Å². The van der Waals surface area contributed by atoms with E-state index in [2.05, 4.69) is 31.0 Å². The molecule has 1 saturated carbocycles. The van der Waals surface area contributed by atoms with Crippen LogP contribution in [0.4, 0.5) is 0 Å². The van der Waals surface area contributed by atoms with Gasteiger partial charge >= 0.3 is 0 Å². The second-order valence-corrected chi connectivity index (χ2v) is 9.73. The topological polar surface area (TPSA) is 51.8 Å². The molecule has 0 bridgehead atoms. The quantitative estimate of drug-likeness (QED) is 0.816. The van der Waals surface area contributed by atoms with Crippen molar-refractivity contribution in [3.63, 3.8) is 0 Å². The van der Waals surface area contributed by atoms with Crippen LogP contribution in [-0.4, -0.2) is 27.7 Å². The Morgan fingerprint density at radius 3 is 2.60 bits per heavy atom. The minimum absolute atomic E-state index is 0.297. The van der Waals surface area contributed by atoms with Crippen LogP contribution in [0.1, 0.15) is 46.5 Å². The molecule has 114 valence electrons. The third-order valence-corrected chi connectivity index (χ3v) is 8.03. The predicted octanol–water partition coefficient (Wildman–Crippen LogP) is 4.28. The molecule has 0 aromatic carbocycles. The number of nitrogens with zero attached hydrogens (tertiary/aromatic N) is 2. The van der Waals surface area contributed by atoms with Gasteiger partial charge in [-0.1, -0.05) is 62.1 Å². The number of thioether (sulfide) groups is 2. The molecule has 1 aliphatic carbocycles. The Morgan fingerprint density at radius 1 is 1.30 bits per heavy atom. The van der Waals surface area contributed by atoms with Crippen molar-refractivity contribution in [1.82, 2.24) is 10.2 Å². The molecule has 1 aliphatic rings. The molecule has 3 unspecified atom stereocenters. The zero-order valence-electron chi connectivity index (χ0n) is 12.8. The third-order valence-electron chi connectivity index (χ3n) is 4.67. The lowest BCUT2D eigenvalue weighted by Crippen LogP contribution is -2.42. The van der Waals surface area contributed by atoms with E-state index in [9.17, 15) is 0 Å². The Labute approximate surface area is 134 Å². The van der Waals surface area contributed by atoms with Crippen LogP contribution in [0.15, 0.2) is 8.68 Å². The van der Waals surface area contributed by atoms with Crippen molar-refractivity contribution in [2.75, 3.05) is 6.26 Å².